The number of halogens is 1. The fourth-order valence-corrected chi connectivity index (χ4v) is 1.66. The molecule has 1 aromatic heterocycles. The summed E-state index contributed by atoms with van der Waals surface area (Å²) in [6.07, 6.45) is 1.25. The summed E-state index contributed by atoms with van der Waals surface area (Å²) in [6.45, 7) is -0.426. The van der Waals surface area contributed by atoms with Crippen molar-refractivity contribution in [3.8, 4) is 5.75 Å². The number of carbonyl (C=O) groups is 1. The van der Waals surface area contributed by atoms with E-state index in [0.29, 0.717) is 5.56 Å². The second-order valence-corrected chi connectivity index (χ2v) is 4.24. The molecule has 0 aliphatic heterocycles. The lowest BCUT2D eigenvalue weighted by molar-refractivity contribution is -0.390. The standard InChI is InChI=1S/C14H12FN3O4/c15-11-5-2-1-4-10(11)8-17-13(19)9-22-12-6-3-7-16-14(12)18(20)21/h1-7H,8-9H2,(H,17,19). The molecule has 2 aromatic rings. The number of nitro groups is 1. The number of benzene rings is 1. The summed E-state index contributed by atoms with van der Waals surface area (Å²) >= 11 is 0. The normalized spacial score (nSPS) is 10.0. The fraction of sp³-hybridized carbons (Fsp3) is 0.143. The van der Waals surface area contributed by atoms with E-state index in [1.807, 2.05) is 0 Å². The van der Waals surface area contributed by atoms with Gasteiger partial charge in [0, 0.05) is 12.1 Å². The molecule has 2 rings (SSSR count). The van der Waals surface area contributed by atoms with E-state index >= 15 is 0 Å². The molecule has 0 spiro atoms. The van der Waals surface area contributed by atoms with Crippen molar-refractivity contribution in [3.63, 3.8) is 0 Å². The molecule has 0 fully saturated rings. The van der Waals surface area contributed by atoms with Crippen molar-refractivity contribution in [2.45, 2.75) is 6.54 Å². The Morgan fingerprint density at radius 3 is 2.82 bits per heavy atom. The number of nitrogens with one attached hydrogen (secondary N) is 1. The highest BCUT2D eigenvalue weighted by Gasteiger charge is 2.16. The van der Waals surface area contributed by atoms with Crippen LogP contribution < -0.4 is 10.1 Å². The van der Waals surface area contributed by atoms with Crippen molar-refractivity contribution in [2.24, 2.45) is 0 Å². The molecule has 1 heterocycles. The first-order valence-electron chi connectivity index (χ1n) is 6.30. The summed E-state index contributed by atoms with van der Waals surface area (Å²) in [5.41, 5.74) is 0.336. The van der Waals surface area contributed by atoms with Crippen molar-refractivity contribution in [1.29, 1.82) is 0 Å². The molecular weight excluding hydrogens is 293 g/mol. The third-order valence-electron chi connectivity index (χ3n) is 2.72. The van der Waals surface area contributed by atoms with Crippen molar-refractivity contribution in [1.82, 2.24) is 10.3 Å². The van der Waals surface area contributed by atoms with E-state index in [1.165, 1.54) is 24.4 Å². The summed E-state index contributed by atoms with van der Waals surface area (Å²) < 4.78 is 18.4. The third kappa shape index (κ3) is 3.98. The quantitative estimate of drug-likeness (QED) is 0.649. The Hall–Kier alpha value is -3.03. The van der Waals surface area contributed by atoms with Crippen LogP contribution in [0.3, 0.4) is 0 Å². The Kier molecular flexibility index (Phi) is 4.97. The van der Waals surface area contributed by atoms with Gasteiger partial charge in [0.2, 0.25) is 5.75 Å². The summed E-state index contributed by atoms with van der Waals surface area (Å²) in [7, 11) is 0. The molecule has 0 atom stereocenters. The van der Waals surface area contributed by atoms with Crippen LogP contribution in [0.1, 0.15) is 5.56 Å². The molecule has 0 saturated carbocycles. The van der Waals surface area contributed by atoms with Gasteiger partial charge >= 0.3 is 5.82 Å². The second kappa shape index (κ2) is 7.11. The van der Waals surface area contributed by atoms with Crippen LogP contribution in [0, 0.1) is 15.9 Å². The first-order chi connectivity index (χ1) is 10.6. The average molecular weight is 305 g/mol. The molecule has 0 unspecified atom stereocenters. The first-order valence-corrected chi connectivity index (χ1v) is 6.30. The zero-order valence-corrected chi connectivity index (χ0v) is 11.4. The van der Waals surface area contributed by atoms with Crippen LogP contribution in [0.15, 0.2) is 42.6 Å². The van der Waals surface area contributed by atoms with E-state index in [-0.39, 0.29) is 12.3 Å². The molecule has 0 bridgehead atoms. The Morgan fingerprint density at radius 2 is 2.09 bits per heavy atom. The van der Waals surface area contributed by atoms with Crippen LogP contribution in [-0.4, -0.2) is 22.4 Å². The van der Waals surface area contributed by atoms with E-state index < -0.39 is 29.1 Å². The van der Waals surface area contributed by atoms with Gasteiger partial charge in [0.25, 0.3) is 5.91 Å². The molecule has 1 amide bonds. The van der Waals surface area contributed by atoms with E-state index in [9.17, 15) is 19.3 Å². The molecule has 0 saturated heterocycles. The second-order valence-electron chi connectivity index (χ2n) is 4.24. The Labute approximate surface area is 124 Å². The number of aromatic nitrogens is 1. The smallest absolute Gasteiger partial charge is 0.406 e. The average Bonchev–Trinajstić information content (AvgIpc) is 2.52. The van der Waals surface area contributed by atoms with Crippen LogP contribution in [0.4, 0.5) is 10.2 Å². The highest BCUT2D eigenvalue weighted by Crippen LogP contribution is 2.22. The minimum Gasteiger partial charge on any atom is -0.476 e. The maximum Gasteiger partial charge on any atom is 0.406 e. The monoisotopic (exact) mass is 305 g/mol. The van der Waals surface area contributed by atoms with Crippen molar-refractivity contribution in [2.75, 3.05) is 6.61 Å². The van der Waals surface area contributed by atoms with Gasteiger partial charge in [-0.05, 0) is 28.1 Å². The van der Waals surface area contributed by atoms with Crippen LogP contribution in [0.5, 0.6) is 5.75 Å². The zero-order valence-electron chi connectivity index (χ0n) is 11.4. The van der Waals surface area contributed by atoms with Crippen molar-refractivity contribution >= 4 is 11.7 Å². The van der Waals surface area contributed by atoms with Crippen molar-refractivity contribution in [3.05, 3.63) is 64.1 Å². The number of rotatable bonds is 6. The van der Waals surface area contributed by atoms with Crippen LogP contribution in [-0.2, 0) is 11.3 Å². The third-order valence-corrected chi connectivity index (χ3v) is 2.72. The number of amides is 1. The van der Waals surface area contributed by atoms with Gasteiger partial charge in [-0.1, -0.05) is 18.2 Å². The van der Waals surface area contributed by atoms with Gasteiger partial charge in [-0.3, -0.25) is 4.79 Å². The lowest BCUT2D eigenvalue weighted by Crippen LogP contribution is -2.28. The first kappa shape index (κ1) is 15.4. The Balaban J connectivity index is 1.89. The van der Waals surface area contributed by atoms with Crippen LogP contribution >= 0.6 is 0 Å². The maximum atomic E-state index is 13.4. The summed E-state index contributed by atoms with van der Waals surface area (Å²) in [5, 5.41) is 13.2. The number of hydrogen-bond acceptors (Lipinski definition) is 5. The topological polar surface area (TPSA) is 94.4 Å². The largest absolute Gasteiger partial charge is 0.476 e. The molecule has 0 aliphatic carbocycles. The fourth-order valence-electron chi connectivity index (χ4n) is 1.66. The number of carbonyl (C=O) groups excluding carboxylic acids is 1. The Morgan fingerprint density at radius 1 is 1.32 bits per heavy atom. The van der Waals surface area contributed by atoms with Gasteiger partial charge in [0.1, 0.15) is 12.0 Å². The molecule has 7 nitrogen and oxygen atoms in total. The number of nitrogens with zero attached hydrogens (tertiary/aromatic N) is 2. The molecule has 1 N–H and O–H groups in total. The number of ether oxygens (including phenoxy) is 1. The summed E-state index contributed by atoms with van der Waals surface area (Å²) in [4.78, 5) is 25.2. The summed E-state index contributed by atoms with van der Waals surface area (Å²) in [6, 6.07) is 8.83. The summed E-state index contributed by atoms with van der Waals surface area (Å²) in [5.74, 6) is -1.52. The molecule has 1 aromatic carbocycles. The highest BCUT2D eigenvalue weighted by atomic mass is 19.1. The van der Waals surface area contributed by atoms with Crippen LogP contribution in [0.25, 0.3) is 0 Å². The van der Waals surface area contributed by atoms with Gasteiger partial charge in [-0.15, -0.1) is 0 Å². The van der Waals surface area contributed by atoms with E-state index in [1.54, 1.807) is 18.2 Å². The SMILES string of the molecule is O=C(COc1cccnc1[N+](=O)[O-])NCc1ccccc1F. The number of pyridine rings is 1. The van der Waals surface area contributed by atoms with Gasteiger partial charge in [-0.2, -0.15) is 0 Å². The molecule has 8 heteroatoms. The van der Waals surface area contributed by atoms with Gasteiger partial charge < -0.3 is 20.2 Å². The predicted octanol–water partition coefficient (Wildman–Crippen LogP) is 1.82. The predicted molar refractivity (Wildman–Crippen MR) is 74.6 cm³/mol. The van der Waals surface area contributed by atoms with Gasteiger partial charge in [-0.25, -0.2) is 4.39 Å². The maximum absolute atomic E-state index is 13.4. The molecule has 0 aliphatic rings. The van der Waals surface area contributed by atoms with Gasteiger partial charge in [0.15, 0.2) is 6.61 Å². The molecule has 114 valence electrons. The van der Waals surface area contributed by atoms with Crippen LogP contribution in [0.2, 0.25) is 0 Å². The van der Waals surface area contributed by atoms with Crippen molar-refractivity contribution < 1.29 is 18.8 Å². The highest BCUT2D eigenvalue weighted by molar-refractivity contribution is 5.77. The number of hydrogen-bond donors (Lipinski definition) is 1. The van der Waals surface area contributed by atoms with E-state index in [2.05, 4.69) is 10.3 Å². The minimum atomic E-state index is -0.702. The Bertz CT molecular complexity index is 693. The minimum absolute atomic E-state index is 0.00397. The van der Waals surface area contributed by atoms with Gasteiger partial charge in [0.05, 0.1) is 0 Å². The lowest BCUT2D eigenvalue weighted by atomic mass is 10.2. The zero-order chi connectivity index (χ0) is 15.9. The lowest BCUT2D eigenvalue weighted by Gasteiger charge is -2.08. The molecule has 22 heavy (non-hydrogen) atoms. The van der Waals surface area contributed by atoms with E-state index in [4.69, 9.17) is 4.74 Å². The molecule has 0 radical (unpaired) electrons. The molecular formula is C14H12FN3O4. The van der Waals surface area contributed by atoms with E-state index in [0.717, 1.165) is 0 Å².